The molecule has 2 saturated carbocycles. The van der Waals surface area contributed by atoms with Gasteiger partial charge in [0.2, 0.25) is 5.60 Å². The number of carbonyl (C=O) groups excluding carboxylic acids is 2. The van der Waals surface area contributed by atoms with Crippen molar-refractivity contribution in [2.75, 3.05) is 6.61 Å². The van der Waals surface area contributed by atoms with Crippen molar-refractivity contribution in [1.82, 2.24) is 0 Å². The Morgan fingerprint density at radius 2 is 1.49 bits per heavy atom. The van der Waals surface area contributed by atoms with Crippen molar-refractivity contribution in [3.05, 3.63) is 84.4 Å². The molecule has 0 amide bonds. The second-order valence-electron chi connectivity index (χ2n) is 12.6. The summed E-state index contributed by atoms with van der Waals surface area (Å²) in [7, 11) is 0. The Morgan fingerprint density at radius 1 is 0.911 bits per heavy atom. The lowest BCUT2D eigenvalue weighted by atomic mass is 9.72. The highest BCUT2D eigenvalue weighted by Gasteiger charge is 2.67. The van der Waals surface area contributed by atoms with E-state index in [1.54, 1.807) is 0 Å². The predicted octanol–water partition coefficient (Wildman–Crippen LogP) is 4.77. The summed E-state index contributed by atoms with van der Waals surface area (Å²) in [4.78, 5) is 26.6. The van der Waals surface area contributed by atoms with E-state index in [-0.39, 0.29) is 31.7 Å². The normalized spacial score (nSPS) is 31.7. The number of aliphatic hydroxyl groups is 2. The number of esters is 2. The van der Waals surface area contributed by atoms with Gasteiger partial charge in [0.25, 0.3) is 0 Å². The van der Waals surface area contributed by atoms with Crippen LogP contribution in [-0.2, 0) is 46.5 Å². The van der Waals surface area contributed by atoms with Crippen molar-refractivity contribution in [3.8, 4) is 0 Å². The van der Waals surface area contributed by atoms with E-state index in [9.17, 15) is 19.8 Å². The third-order valence-corrected chi connectivity index (χ3v) is 9.00. The molecule has 3 unspecified atom stereocenters. The molecule has 0 heterocycles. The molecule has 0 aromatic heterocycles. The first-order valence-corrected chi connectivity index (χ1v) is 15.9. The van der Waals surface area contributed by atoms with Crippen molar-refractivity contribution >= 4 is 11.9 Å². The first-order valence-electron chi connectivity index (χ1n) is 15.9. The Morgan fingerprint density at radius 3 is 2.02 bits per heavy atom. The molecule has 9 atom stereocenters. The zero-order valence-electron chi connectivity index (χ0n) is 26.7. The lowest BCUT2D eigenvalue weighted by Gasteiger charge is -2.51. The van der Waals surface area contributed by atoms with Crippen molar-refractivity contribution in [1.29, 1.82) is 0 Å². The van der Waals surface area contributed by atoms with Gasteiger partial charge in [0.1, 0.15) is 30.5 Å². The van der Waals surface area contributed by atoms with Gasteiger partial charge in [-0.05, 0) is 35.8 Å². The molecule has 9 heteroatoms. The molecule has 2 aromatic rings. The fourth-order valence-electron chi connectivity index (χ4n) is 6.92. The largest absolute Gasteiger partial charge is 0.460 e. The second kappa shape index (κ2) is 16.0. The Balaban J connectivity index is 1.75. The smallest absolute Gasteiger partial charge is 0.344 e. The fourth-order valence-corrected chi connectivity index (χ4v) is 6.92. The molecule has 2 N–H and O–H groups in total. The average Bonchev–Trinajstić information content (AvgIpc) is 3.02. The molecule has 246 valence electrons. The highest BCUT2D eigenvalue weighted by molar-refractivity contribution is 5.82. The Labute approximate surface area is 266 Å². The molecule has 9 nitrogen and oxygen atoms in total. The maximum atomic E-state index is 14.2. The van der Waals surface area contributed by atoms with E-state index in [4.69, 9.17) is 23.7 Å². The third kappa shape index (κ3) is 8.20. The van der Waals surface area contributed by atoms with Crippen LogP contribution in [0.15, 0.2) is 73.3 Å². The van der Waals surface area contributed by atoms with Crippen molar-refractivity contribution in [2.45, 2.75) is 102 Å². The maximum absolute atomic E-state index is 14.2. The quantitative estimate of drug-likeness (QED) is 0.240. The van der Waals surface area contributed by atoms with E-state index in [2.05, 4.69) is 27.4 Å². The number of aliphatic hydroxyl groups excluding tert-OH is 1. The first-order chi connectivity index (χ1) is 21.6. The van der Waals surface area contributed by atoms with Crippen molar-refractivity contribution < 1.29 is 43.5 Å². The standard InChI is InChI=1S/C36H48O9/c1-6-20-41-34-32(43-22-27-17-11-8-12-18-27)30(42-21-26-15-9-7-10-16-26)31(44-25(5)37)33(38)36(34,40)35(39)45-28-19-13-14-24(4)29(28)23(2)3/h6-12,15-18,23-24,28-34,38,40H,1,13-14,19-22H2,2-5H3/t24?,28?,29?,30-,31-,32+,33-,34-,36+/m0/s1. The molecule has 0 aliphatic heterocycles. The molecule has 2 fully saturated rings. The summed E-state index contributed by atoms with van der Waals surface area (Å²) in [5.74, 6) is -1.18. The summed E-state index contributed by atoms with van der Waals surface area (Å²) in [5.41, 5.74) is -1.02. The molecule has 0 spiro atoms. The van der Waals surface area contributed by atoms with Crippen LogP contribution in [0.5, 0.6) is 0 Å². The van der Waals surface area contributed by atoms with Crippen LogP contribution in [0.4, 0.5) is 0 Å². The van der Waals surface area contributed by atoms with Gasteiger partial charge in [0.15, 0.2) is 6.10 Å². The molecule has 4 rings (SSSR count). The number of carbonyl (C=O) groups is 2. The molecule has 2 aliphatic carbocycles. The van der Waals surface area contributed by atoms with Gasteiger partial charge in [-0.25, -0.2) is 4.79 Å². The average molecular weight is 625 g/mol. The number of ether oxygens (including phenoxy) is 5. The number of hydrogen-bond donors (Lipinski definition) is 2. The van der Waals surface area contributed by atoms with Gasteiger partial charge in [0, 0.05) is 12.8 Å². The van der Waals surface area contributed by atoms with E-state index in [0.717, 1.165) is 24.0 Å². The van der Waals surface area contributed by atoms with Crippen molar-refractivity contribution in [3.63, 3.8) is 0 Å². The topological polar surface area (TPSA) is 121 Å². The zero-order chi connectivity index (χ0) is 32.6. The van der Waals surface area contributed by atoms with Crippen LogP contribution < -0.4 is 0 Å². The summed E-state index contributed by atoms with van der Waals surface area (Å²) >= 11 is 0. The molecular weight excluding hydrogens is 576 g/mol. The highest BCUT2D eigenvalue weighted by atomic mass is 16.6. The number of benzene rings is 2. The summed E-state index contributed by atoms with van der Waals surface area (Å²) in [6.45, 7) is 11.3. The molecule has 0 radical (unpaired) electrons. The number of rotatable bonds is 13. The Kier molecular flexibility index (Phi) is 12.3. The first kappa shape index (κ1) is 34.8. The summed E-state index contributed by atoms with van der Waals surface area (Å²) in [5, 5.41) is 24.2. The molecule has 0 saturated heterocycles. The summed E-state index contributed by atoms with van der Waals surface area (Å²) < 4.78 is 30.5. The summed E-state index contributed by atoms with van der Waals surface area (Å²) in [6, 6.07) is 18.7. The van der Waals surface area contributed by atoms with Crippen LogP contribution in [0.2, 0.25) is 0 Å². The van der Waals surface area contributed by atoms with E-state index >= 15 is 0 Å². The van der Waals surface area contributed by atoms with E-state index in [1.165, 1.54) is 13.0 Å². The number of hydrogen-bond acceptors (Lipinski definition) is 9. The fraction of sp³-hybridized carbons (Fsp3) is 0.556. The highest BCUT2D eigenvalue weighted by Crippen LogP contribution is 2.42. The lowest BCUT2D eigenvalue weighted by Crippen LogP contribution is -2.76. The zero-order valence-corrected chi connectivity index (χ0v) is 26.7. The Hall–Kier alpha value is -3.08. The van der Waals surface area contributed by atoms with Crippen LogP contribution in [0.1, 0.15) is 58.1 Å². The Bertz CT molecular complexity index is 1240. The van der Waals surface area contributed by atoms with Crippen LogP contribution in [0.25, 0.3) is 0 Å². The second-order valence-corrected chi connectivity index (χ2v) is 12.6. The minimum Gasteiger partial charge on any atom is -0.460 e. The summed E-state index contributed by atoms with van der Waals surface area (Å²) in [6.07, 6.45) is -3.70. The van der Waals surface area contributed by atoms with Gasteiger partial charge in [0.05, 0.1) is 19.8 Å². The van der Waals surface area contributed by atoms with Gasteiger partial charge in [-0.2, -0.15) is 0 Å². The lowest BCUT2D eigenvalue weighted by molar-refractivity contribution is -0.297. The van der Waals surface area contributed by atoms with Gasteiger partial charge in [-0.3, -0.25) is 4.79 Å². The van der Waals surface area contributed by atoms with E-state index in [1.807, 2.05) is 60.7 Å². The van der Waals surface area contributed by atoms with Crippen LogP contribution >= 0.6 is 0 Å². The minimum absolute atomic E-state index is 0.0637. The van der Waals surface area contributed by atoms with Gasteiger partial charge in [-0.15, -0.1) is 6.58 Å². The molecular formula is C36H48O9. The monoisotopic (exact) mass is 624 g/mol. The minimum atomic E-state index is -2.67. The molecule has 2 aromatic carbocycles. The maximum Gasteiger partial charge on any atom is 0.344 e. The molecule has 0 bridgehead atoms. The predicted molar refractivity (Wildman–Crippen MR) is 168 cm³/mol. The van der Waals surface area contributed by atoms with Gasteiger partial charge in [-0.1, -0.05) is 93.9 Å². The van der Waals surface area contributed by atoms with Gasteiger partial charge < -0.3 is 33.9 Å². The SMILES string of the molecule is C=CCO[C@H]1[C@H](OCc2ccccc2)[C@@H](OCc2ccccc2)[C@H](OC(C)=O)[C@H](O)[C@]1(O)C(=O)OC1CCCC(C)C1C(C)C. The van der Waals surface area contributed by atoms with Crippen LogP contribution in [0.3, 0.4) is 0 Å². The molecule has 45 heavy (non-hydrogen) atoms. The van der Waals surface area contributed by atoms with Crippen LogP contribution in [0, 0.1) is 17.8 Å². The van der Waals surface area contributed by atoms with E-state index in [0.29, 0.717) is 12.3 Å². The van der Waals surface area contributed by atoms with Crippen LogP contribution in [-0.4, -0.2) is 71.0 Å². The van der Waals surface area contributed by atoms with Gasteiger partial charge >= 0.3 is 11.9 Å². The van der Waals surface area contributed by atoms with Crippen molar-refractivity contribution in [2.24, 2.45) is 17.8 Å². The van der Waals surface area contributed by atoms with E-state index < -0.39 is 54.2 Å². The third-order valence-electron chi connectivity index (χ3n) is 9.00. The molecule has 2 aliphatic rings.